The fraction of sp³-hybridized carbons (Fsp3) is 0.364. The number of amides is 1. The first-order chi connectivity index (χ1) is 9.85. The molecule has 1 amide bonds. The number of carbonyl (C=O) groups excluding carboxylic acids is 1. The van der Waals surface area contributed by atoms with Gasteiger partial charge < -0.3 is 5.32 Å². The van der Waals surface area contributed by atoms with Gasteiger partial charge in [0.25, 0.3) is 5.91 Å². The summed E-state index contributed by atoms with van der Waals surface area (Å²) >= 11 is 0. The predicted molar refractivity (Wildman–Crippen MR) is 65.5 cm³/mol. The number of carbonyl (C=O) groups is 1. The molecule has 2 aromatic heterocycles. The lowest BCUT2D eigenvalue weighted by Crippen LogP contribution is -2.16. The average Bonchev–Trinajstić information content (AvgIpc) is 2.97. The highest BCUT2D eigenvalue weighted by molar-refractivity contribution is 6.02. The molecule has 0 saturated carbocycles. The van der Waals surface area contributed by atoms with Gasteiger partial charge in [-0.25, -0.2) is 0 Å². The van der Waals surface area contributed by atoms with Gasteiger partial charge in [-0.05, 0) is 6.07 Å². The maximum Gasteiger partial charge on any atom is 0.522 e. The number of aromatic amines is 1. The summed E-state index contributed by atoms with van der Waals surface area (Å²) in [6.45, 7) is -0.553. The molecule has 0 atom stereocenters. The molecule has 21 heavy (non-hydrogen) atoms. The van der Waals surface area contributed by atoms with Gasteiger partial charge in [0.05, 0.1) is 18.5 Å². The van der Waals surface area contributed by atoms with E-state index >= 15 is 0 Å². The molecule has 0 aliphatic carbocycles. The number of halogens is 3. The third kappa shape index (κ3) is 4.31. The summed E-state index contributed by atoms with van der Waals surface area (Å²) in [6.07, 6.45) is -3.25. The summed E-state index contributed by atoms with van der Waals surface area (Å²) in [5.41, 5.74) is 0.545. The predicted octanol–water partition coefficient (Wildman–Crippen LogP) is 1.47. The molecule has 0 aliphatic heterocycles. The smallest absolute Gasteiger partial charge is 0.306 e. The first-order valence-corrected chi connectivity index (χ1v) is 5.89. The lowest BCUT2D eigenvalue weighted by Gasteiger charge is -2.05. The van der Waals surface area contributed by atoms with Crippen LogP contribution in [0.1, 0.15) is 16.2 Å². The Balaban J connectivity index is 1.97. The minimum atomic E-state index is -4.67. The number of nitrogens with one attached hydrogen (secondary N) is 2. The number of ether oxygens (including phenoxy) is 1. The number of anilines is 1. The molecule has 2 aromatic rings. The van der Waals surface area contributed by atoms with Crippen LogP contribution < -0.4 is 5.32 Å². The Morgan fingerprint density at radius 3 is 2.90 bits per heavy atom. The highest BCUT2D eigenvalue weighted by atomic mass is 19.4. The normalized spacial score (nSPS) is 11.6. The van der Waals surface area contributed by atoms with Crippen LogP contribution in [-0.4, -0.2) is 38.9 Å². The van der Waals surface area contributed by atoms with Crippen LogP contribution in [0.5, 0.6) is 0 Å². The van der Waals surface area contributed by atoms with Crippen LogP contribution in [0.4, 0.5) is 19.0 Å². The van der Waals surface area contributed by atoms with Crippen LogP contribution >= 0.6 is 0 Å². The van der Waals surface area contributed by atoms with E-state index in [1.165, 1.54) is 24.0 Å². The summed E-state index contributed by atoms with van der Waals surface area (Å²) in [7, 11) is 1.52. The Hall–Kier alpha value is -2.36. The SMILES string of the molecule is Cn1nc(CCOC(F)(F)F)cc1C(=O)Nc1ccn[nH]1. The van der Waals surface area contributed by atoms with E-state index in [2.05, 4.69) is 25.3 Å². The van der Waals surface area contributed by atoms with Gasteiger partial charge in [-0.1, -0.05) is 0 Å². The number of aromatic nitrogens is 4. The molecule has 2 heterocycles. The van der Waals surface area contributed by atoms with Crippen molar-refractivity contribution in [2.75, 3.05) is 11.9 Å². The molecule has 0 aromatic carbocycles. The van der Waals surface area contributed by atoms with E-state index in [1.807, 2.05) is 0 Å². The number of hydrogen-bond acceptors (Lipinski definition) is 4. The summed E-state index contributed by atoms with van der Waals surface area (Å²) in [6, 6.07) is 2.97. The minimum Gasteiger partial charge on any atom is -0.306 e. The van der Waals surface area contributed by atoms with Gasteiger partial charge in [0, 0.05) is 19.5 Å². The van der Waals surface area contributed by atoms with Gasteiger partial charge in [0.1, 0.15) is 11.5 Å². The van der Waals surface area contributed by atoms with Crippen molar-refractivity contribution in [2.45, 2.75) is 12.8 Å². The van der Waals surface area contributed by atoms with Crippen molar-refractivity contribution in [3.63, 3.8) is 0 Å². The molecular formula is C11H12F3N5O2. The summed E-state index contributed by atoms with van der Waals surface area (Å²) in [5.74, 6) is -0.0413. The molecule has 10 heteroatoms. The number of alkyl halides is 3. The van der Waals surface area contributed by atoms with Gasteiger partial charge in [-0.3, -0.25) is 19.3 Å². The van der Waals surface area contributed by atoms with E-state index in [0.717, 1.165) is 0 Å². The van der Waals surface area contributed by atoms with E-state index in [4.69, 9.17) is 0 Å². The summed E-state index contributed by atoms with van der Waals surface area (Å²) < 4.78 is 40.5. The number of aryl methyl sites for hydroxylation is 1. The molecule has 0 bridgehead atoms. The van der Waals surface area contributed by atoms with Crippen LogP contribution in [0.15, 0.2) is 18.3 Å². The highest BCUT2D eigenvalue weighted by Gasteiger charge is 2.28. The minimum absolute atomic E-state index is 0.0509. The van der Waals surface area contributed by atoms with E-state index in [1.54, 1.807) is 6.07 Å². The Kier molecular flexibility index (Phi) is 4.26. The van der Waals surface area contributed by atoms with E-state index < -0.39 is 18.9 Å². The molecule has 0 fully saturated rings. The zero-order chi connectivity index (χ0) is 15.5. The topological polar surface area (TPSA) is 84.8 Å². The molecule has 0 saturated heterocycles. The fourth-order valence-corrected chi connectivity index (χ4v) is 1.64. The van der Waals surface area contributed by atoms with Crippen LogP contribution in [0, 0.1) is 0 Å². The lowest BCUT2D eigenvalue weighted by molar-refractivity contribution is -0.324. The zero-order valence-corrected chi connectivity index (χ0v) is 10.9. The van der Waals surface area contributed by atoms with Crippen molar-refractivity contribution in [2.24, 2.45) is 7.05 Å². The molecule has 2 N–H and O–H groups in total. The third-order valence-electron chi connectivity index (χ3n) is 2.54. The molecule has 114 valence electrons. The van der Waals surface area contributed by atoms with Crippen LogP contribution in [0.3, 0.4) is 0 Å². The number of hydrogen-bond donors (Lipinski definition) is 2. The standard InChI is InChI=1S/C11H12F3N5O2/c1-19-8(10(20)16-9-2-4-15-17-9)6-7(18-19)3-5-21-11(12,13)14/h2,4,6H,3,5H2,1H3,(H2,15,16,17,20). The lowest BCUT2D eigenvalue weighted by atomic mass is 10.3. The number of nitrogens with zero attached hydrogens (tertiary/aromatic N) is 3. The Morgan fingerprint density at radius 2 is 2.29 bits per heavy atom. The van der Waals surface area contributed by atoms with Crippen LogP contribution in [0.25, 0.3) is 0 Å². The second kappa shape index (κ2) is 5.95. The second-order valence-corrected chi connectivity index (χ2v) is 4.11. The largest absolute Gasteiger partial charge is 0.522 e. The van der Waals surface area contributed by atoms with Crippen molar-refractivity contribution < 1.29 is 22.7 Å². The first-order valence-electron chi connectivity index (χ1n) is 5.89. The fourth-order valence-electron chi connectivity index (χ4n) is 1.64. The highest BCUT2D eigenvalue weighted by Crippen LogP contribution is 2.16. The monoisotopic (exact) mass is 303 g/mol. The molecule has 0 radical (unpaired) electrons. The van der Waals surface area contributed by atoms with E-state index in [0.29, 0.717) is 11.5 Å². The van der Waals surface area contributed by atoms with Gasteiger partial charge in [-0.15, -0.1) is 13.2 Å². The van der Waals surface area contributed by atoms with Crippen molar-refractivity contribution in [3.05, 3.63) is 29.7 Å². The van der Waals surface area contributed by atoms with Crippen molar-refractivity contribution in [1.82, 2.24) is 20.0 Å². The van der Waals surface area contributed by atoms with E-state index in [-0.39, 0.29) is 12.1 Å². The summed E-state index contributed by atoms with van der Waals surface area (Å²) in [4.78, 5) is 11.9. The van der Waals surface area contributed by atoms with Gasteiger partial charge in [0.2, 0.25) is 0 Å². The average molecular weight is 303 g/mol. The molecular weight excluding hydrogens is 291 g/mol. The van der Waals surface area contributed by atoms with Crippen LogP contribution in [0.2, 0.25) is 0 Å². The third-order valence-corrected chi connectivity index (χ3v) is 2.54. The Morgan fingerprint density at radius 1 is 1.52 bits per heavy atom. The van der Waals surface area contributed by atoms with Gasteiger partial charge >= 0.3 is 6.36 Å². The molecule has 0 spiro atoms. The van der Waals surface area contributed by atoms with Crippen molar-refractivity contribution in [3.8, 4) is 0 Å². The Labute approximate surface area is 117 Å². The van der Waals surface area contributed by atoms with Crippen molar-refractivity contribution in [1.29, 1.82) is 0 Å². The quantitative estimate of drug-likeness (QED) is 0.876. The maximum atomic E-state index is 11.9. The van der Waals surface area contributed by atoms with E-state index in [9.17, 15) is 18.0 Å². The first kappa shape index (κ1) is 15.0. The Bertz CT molecular complexity index is 606. The zero-order valence-electron chi connectivity index (χ0n) is 10.9. The van der Waals surface area contributed by atoms with Gasteiger partial charge in [-0.2, -0.15) is 10.2 Å². The molecule has 0 unspecified atom stereocenters. The molecule has 2 rings (SSSR count). The second-order valence-electron chi connectivity index (χ2n) is 4.11. The number of rotatable bonds is 5. The molecule has 7 nitrogen and oxygen atoms in total. The van der Waals surface area contributed by atoms with Crippen molar-refractivity contribution >= 4 is 11.7 Å². The summed E-state index contributed by atoms with van der Waals surface area (Å²) in [5, 5.41) is 12.7. The molecule has 0 aliphatic rings. The van der Waals surface area contributed by atoms with Gasteiger partial charge in [0.15, 0.2) is 0 Å². The maximum absolute atomic E-state index is 11.9. The number of H-pyrrole nitrogens is 1. The van der Waals surface area contributed by atoms with Crippen LogP contribution in [-0.2, 0) is 18.2 Å².